The minimum atomic E-state index is -4.76. The summed E-state index contributed by atoms with van der Waals surface area (Å²) in [6.07, 6.45) is -4.76. The Labute approximate surface area is 193 Å². The third-order valence-corrected chi connectivity index (χ3v) is 7.65. The molecular weight excluding hydrogens is 473 g/mol. The van der Waals surface area contributed by atoms with Gasteiger partial charge in [-0.05, 0) is 42.5 Å². The van der Waals surface area contributed by atoms with Crippen molar-refractivity contribution in [3.63, 3.8) is 0 Å². The fourth-order valence-corrected chi connectivity index (χ4v) is 5.56. The molecule has 12 heteroatoms. The van der Waals surface area contributed by atoms with Crippen LogP contribution in [0.15, 0.2) is 59.5 Å². The predicted octanol–water partition coefficient (Wildman–Crippen LogP) is 3.40. The fourth-order valence-electron chi connectivity index (χ4n) is 3.93. The molecule has 0 amide bonds. The number of piperazine rings is 1. The van der Waals surface area contributed by atoms with Crippen LogP contribution in [0.3, 0.4) is 0 Å². The molecule has 1 fully saturated rings. The highest BCUT2D eigenvalue weighted by molar-refractivity contribution is 7.89. The molecule has 178 valence electrons. The van der Waals surface area contributed by atoms with Crippen molar-refractivity contribution in [2.45, 2.75) is 11.1 Å². The third-order valence-electron chi connectivity index (χ3n) is 5.69. The maximum absolute atomic E-state index is 13.3. The molecule has 0 bridgehead atoms. The van der Waals surface area contributed by atoms with Crippen LogP contribution in [0.2, 0.25) is 0 Å². The Kier molecular flexibility index (Phi) is 5.56. The van der Waals surface area contributed by atoms with Gasteiger partial charge in [0, 0.05) is 31.7 Å². The van der Waals surface area contributed by atoms with E-state index in [0.29, 0.717) is 23.0 Å². The summed E-state index contributed by atoms with van der Waals surface area (Å²) in [4.78, 5) is 1.11. The number of rotatable bonds is 4. The van der Waals surface area contributed by atoms with E-state index in [9.17, 15) is 21.6 Å². The molecule has 34 heavy (non-hydrogen) atoms. The molecule has 8 nitrogen and oxygen atoms in total. The molecule has 0 saturated carbocycles. The van der Waals surface area contributed by atoms with E-state index in [1.807, 2.05) is 17.0 Å². The van der Waals surface area contributed by atoms with Gasteiger partial charge in [-0.1, -0.05) is 12.1 Å². The molecule has 3 heterocycles. The van der Waals surface area contributed by atoms with E-state index < -0.39 is 26.7 Å². The number of hydrogen-bond donors (Lipinski definition) is 0. The van der Waals surface area contributed by atoms with Gasteiger partial charge in [-0.25, -0.2) is 8.42 Å². The average molecular weight is 492 g/mol. The molecular formula is C22H19F3N4O4S. The Balaban J connectivity index is 1.28. The maximum atomic E-state index is 13.3. The molecule has 0 N–H and O–H groups in total. The van der Waals surface area contributed by atoms with Crippen LogP contribution in [0.5, 0.6) is 11.5 Å². The molecule has 2 aliphatic heterocycles. The molecule has 2 aliphatic rings. The van der Waals surface area contributed by atoms with Crippen molar-refractivity contribution >= 4 is 15.8 Å². The third kappa shape index (κ3) is 4.14. The first kappa shape index (κ1) is 22.4. The van der Waals surface area contributed by atoms with Crippen LogP contribution in [0, 0.1) is 0 Å². The number of nitrogens with zero attached hydrogens (tertiary/aromatic N) is 4. The van der Waals surface area contributed by atoms with Crippen LogP contribution in [-0.2, 0) is 16.2 Å². The number of anilines is 1. The first-order valence-electron chi connectivity index (χ1n) is 10.4. The van der Waals surface area contributed by atoms with E-state index in [0.717, 1.165) is 22.0 Å². The zero-order valence-electron chi connectivity index (χ0n) is 17.7. The Hall–Kier alpha value is -3.38. The van der Waals surface area contributed by atoms with Gasteiger partial charge in [-0.3, -0.25) is 0 Å². The van der Waals surface area contributed by atoms with Crippen LogP contribution in [0.4, 0.5) is 19.0 Å². The van der Waals surface area contributed by atoms with Gasteiger partial charge in [-0.15, -0.1) is 10.2 Å². The van der Waals surface area contributed by atoms with E-state index in [1.54, 1.807) is 18.2 Å². The largest absolute Gasteiger partial charge is 0.454 e. The zero-order chi connectivity index (χ0) is 23.9. The van der Waals surface area contributed by atoms with Crippen LogP contribution in [-0.4, -0.2) is 55.9 Å². The lowest BCUT2D eigenvalue weighted by Crippen LogP contribution is -2.49. The number of ether oxygens (including phenoxy) is 2. The van der Waals surface area contributed by atoms with Crippen molar-refractivity contribution in [1.29, 1.82) is 0 Å². The minimum Gasteiger partial charge on any atom is -0.454 e. The maximum Gasteiger partial charge on any atom is 0.417 e. The summed E-state index contributed by atoms with van der Waals surface area (Å²) in [6, 6.07) is 13.3. The summed E-state index contributed by atoms with van der Waals surface area (Å²) in [5.74, 6) is 1.85. The van der Waals surface area contributed by atoms with Crippen molar-refractivity contribution in [2.24, 2.45) is 0 Å². The first-order valence-corrected chi connectivity index (χ1v) is 11.8. The summed E-state index contributed by atoms with van der Waals surface area (Å²) < 4.78 is 77.6. The van der Waals surface area contributed by atoms with Crippen LogP contribution >= 0.6 is 0 Å². The highest BCUT2D eigenvalue weighted by Crippen LogP contribution is 2.36. The van der Waals surface area contributed by atoms with Crippen LogP contribution < -0.4 is 14.4 Å². The number of alkyl halides is 3. The number of halogens is 3. The quantitative estimate of drug-likeness (QED) is 0.552. The Morgan fingerprint density at radius 1 is 0.853 bits per heavy atom. The monoisotopic (exact) mass is 492 g/mol. The van der Waals surface area contributed by atoms with Crippen molar-refractivity contribution in [2.75, 3.05) is 37.9 Å². The lowest BCUT2D eigenvalue weighted by Gasteiger charge is -2.34. The highest BCUT2D eigenvalue weighted by atomic mass is 32.2. The summed E-state index contributed by atoms with van der Waals surface area (Å²) >= 11 is 0. The van der Waals surface area contributed by atoms with Crippen LogP contribution in [0.25, 0.3) is 11.3 Å². The summed E-state index contributed by atoms with van der Waals surface area (Å²) in [5.41, 5.74) is 0.275. The van der Waals surface area contributed by atoms with Gasteiger partial charge in [0.25, 0.3) is 0 Å². The average Bonchev–Trinajstić information content (AvgIpc) is 3.32. The van der Waals surface area contributed by atoms with Gasteiger partial charge in [0.15, 0.2) is 17.3 Å². The standard InChI is InChI=1S/C22H19F3N4O4S/c23-22(24,25)16-3-1-2-4-20(16)34(30,31)29-11-9-28(10-12-29)21-8-6-17(26-27-21)15-5-7-18-19(13-15)33-14-32-18/h1-8,13H,9-12,14H2. The second kappa shape index (κ2) is 8.44. The second-order valence-corrected chi connectivity index (χ2v) is 9.64. The van der Waals surface area contributed by atoms with Gasteiger partial charge in [0.1, 0.15) is 0 Å². The molecule has 1 saturated heterocycles. The predicted molar refractivity (Wildman–Crippen MR) is 116 cm³/mol. The smallest absolute Gasteiger partial charge is 0.417 e. The van der Waals surface area contributed by atoms with E-state index >= 15 is 0 Å². The lowest BCUT2D eigenvalue weighted by atomic mass is 10.1. The number of benzene rings is 2. The van der Waals surface area contributed by atoms with Gasteiger partial charge in [0.2, 0.25) is 16.8 Å². The van der Waals surface area contributed by atoms with E-state index in [1.165, 1.54) is 12.1 Å². The molecule has 5 rings (SSSR count). The number of aromatic nitrogens is 2. The van der Waals surface area contributed by atoms with E-state index in [2.05, 4.69) is 10.2 Å². The fraction of sp³-hybridized carbons (Fsp3) is 0.273. The normalized spacial score (nSPS) is 16.6. The first-order chi connectivity index (χ1) is 16.2. The Morgan fingerprint density at radius 3 is 2.29 bits per heavy atom. The molecule has 2 aromatic carbocycles. The summed E-state index contributed by atoms with van der Waals surface area (Å²) in [7, 11) is -4.30. The molecule has 0 aliphatic carbocycles. The Bertz CT molecular complexity index is 1310. The summed E-state index contributed by atoms with van der Waals surface area (Å²) in [6.45, 7) is 0.768. The molecule has 0 radical (unpaired) electrons. The van der Waals surface area contributed by atoms with Crippen molar-refractivity contribution in [1.82, 2.24) is 14.5 Å². The van der Waals surface area contributed by atoms with E-state index in [4.69, 9.17) is 9.47 Å². The van der Waals surface area contributed by atoms with Crippen LogP contribution in [0.1, 0.15) is 5.56 Å². The topological polar surface area (TPSA) is 84.9 Å². The molecule has 0 atom stereocenters. The highest BCUT2D eigenvalue weighted by Gasteiger charge is 2.39. The molecule has 1 aromatic heterocycles. The van der Waals surface area contributed by atoms with E-state index in [-0.39, 0.29) is 33.0 Å². The molecule has 0 spiro atoms. The molecule has 3 aromatic rings. The number of sulfonamides is 1. The number of fused-ring (bicyclic) bond motifs is 1. The molecule has 0 unspecified atom stereocenters. The minimum absolute atomic E-state index is 0.0279. The SMILES string of the molecule is O=S(=O)(c1ccccc1C(F)(F)F)N1CCN(c2ccc(-c3ccc4c(c3)OCO4)nn2)CC1. The second-order valence-electron chi connectivity index (χ2n) is 7.73. The van der Waals surface area contributed by atoms with Gasteiger partial charge < -0.3 is 14.4 Å². The number of hydrogen-bond acceptors (Lipinski definition) is 7. The zero-order valence-corrected chi connectivity index (χ0v) is 18.5. The van der Waals surface area contributed by atoms with Crippen molar-refractivity contribution in [3.8, 4) is 22.8 Å². The van der Waals surface area contributed by atoms with Crippen molar-refractivity contribution in [3.05, 3.63) is 60.2 Å². The van der Waals surface area contributed by atoms with Gasteiger partial charge >= 0.3 is 6.18 Å². The Morgan fingerprint density at radius 2 is 1.59 bits per heavy atom. The lowest BCUT2D eigenvalue weighted by molar-refractivity contribution is -0.139. The summed E-state index contributed by atoms with van der Waals surface area (Å²) in [5, 5.41) is 8.51. The van der Waals surface area contributed by atoms with Gasteiger partial charge in [-0.2, -0.15) is 17.5 Å². The van der Waals surface area contributed by atoms with Crippen molar-refractivity contribution < 1.29 is 31.1 Å². The van der Waals surface area contributed by atoms with Gasteiger partial charge in [0.05, 0.1) is 16.2 Å².